The number of amides is 2. The molecule has 6 rings (SSSR count). The number of hydrogen-bond acceptors (Lipinski definition) is 9. The summed E-state index contributed by atoms with van der Waals surface area (Å²) in [7, 11) is 0. The third-order valence-electron chi connectivity index (χ3n) is 8.40. The molecular formula is C38H39N3O6S2. The van der Waals surface area contributed by atoms with Gasteiger partial charge in [0.25, 0.3) is 0 Å². The van der Waals surface area contributed by atoms with Crippen molar-refractivity contribution in [3.05, 3.63) is 119 Å². The normalized spacial score (nSPS) is 17.6. The fourth-order valence-corrected chi connectivity index (χ4v) is 7.82. The number of thioether (sulfide) groups is 1. The van der Waals surface area contributed by atoms with Crippen LogP contribution in [0.15, 0.2) is 101 Å². The lowest BCUT2D eigenvalue weighted by atomic mass is 9.99. The summed E-state index contributed by atoms with van der Waals surface area (Å²) in [4.78, 5) is 28.2. The summed E-state index contributed by atoms with van der Waals surface area (Å²) >= 11 is 3.41. The molecule has 49 heavy (non-hydrogen) atoms. The Labute approximate surface area is 293 Å². The number of hydrogen-bond donors (Lipinski definition) is 4. The van der Waals surface area contributed by atoms with E-state index in [1.165, 1.54) is 4.70 Å². The number of fused-ring (bicyclic) bond motifs is 1. The lowest BCUT2D eigenvalue weighted by molar-refractivity contribution is -0.245. The number of rotatable bonds is 14. The SMILES string of the molecule is O=C(CCCCC(=O)NCc1cccc(-c2ccc([C@@H]3O[C@H](CSc4nc5ccccc5s4)C[C@H](c4ccc(CO)cc4)O3)cc2)c1)NO. The summed E-state index contributed by atoms with van der Waals surface area (Å²) in [6.07, 6.45) is 1.53. The van der Waals surface area contributed by atoms with Gasteiger partial charge in [0, 0.05) is 37.1 Å². The van der Waals surface area contributed by atoms with Crippen molar-refractivity contribution < 1.29 is 29.4 Å². The number of hydroxylamine groups is 1. The number of benzene rings is 4. The summed E-state index contributed by atoms with van der Waals surface area (Å²) in [6.45, 7) is 0.403. The Morgan fingerprint density at radius 2 is 1.59 bits per heavy atom. The van der Waals surface area contributed by atoms with E-state index in [1.54, 1.807) is 28.6 Å². The monoisotopic (exact) mass is 697 g/mol. The van der Waals surface area contributed by atoms with Crippen LogP contribution in [0.2, 0.25) is 0 Å². The molecule has 11 heteroatoms. The highest BCUT2D eigenvalue weighted by Crippen LogP contribution is 2.40. The van der Waals surface area contributed by atoms with Crippen molar-refractivity contribution >= 4 is 45.1 Å². The standard InChI is InChI=1S/C38H39N3O6S2/c42-23-25-12-14-28(15-13-25)33-21-31(24-48-38-40-32-8-1-2-9-34(32)49-38)46-37(47-33)29-18-16-27(17-19-29)30-7-5-6-26(20-30)22-39-35(43)10-3-4-11-36(44)41-45/h1-2,5-9,12-20,31,33,37,42,45H,3-4,10-11,21-24H2,(H,39,43)(H,41,44)/t31-,33+,37+/m0/s1. The van der Waals surface area contributed by atoms with Gasteiger partial charge in [-0.3, -0.25) is 14.8 Å². The van der Waals surface area contributed by atoms with Gasteiger partial charge < -0.3 is 19.9 Å². The number of carbonyl (C=O) groups is 2. The molecule has 1 aliphatic rings. The first-order valence-corrected chi connectivity index (χ1v) is 18.2. The number of thiazole rings is 1. The molecule has 4 N–H and O–H groups in total. The van der Waals surface area contributed by atoms with Crippen LogP contribution in [0.25, 0.3) is 21.3 Å². The van der Waals surface area contributed by atoms with Crippen LogP contribution < -0.4 is 10.8 Å². The third kappa shape index (κ3) is 9.54. The molecule has 3 atom stereocenters. The van der Waals surface area contributed by atoms with Crippen molar-refractivity contribution in [1.82, 2.24) is 15.8 Å². The summed E-state index contributed by atoms with van der Waals surface area (Å²) in [5.41, 5.74) is 8.50. The Morgan fingerprint density at radius 1 is 0.837 bits per heavy atom. The summed E-state index contributed by atoms with van der Waals surface area (Å²) in [6, 6.07) is 32.4. The van der Waals surface area contributed by atoms with Gasteiger partial charge in [-0.2, -0.15) is 0 Å². The molecule has 0 aliphatic carbocycles. The number of aliphatic hydroxyl groups excluding tert-OH is 1. The van der Waals surface area contributed by atoms with Crippen LogP contribution in [0.1, 0.15) is 66.8 Å². The smallest absolute Gasteiger partial charge is 0.243 e. The molecule has 0 spiro atoms. The van der Waals surface area contributed by atoms with E-state index in [9.17, 15) is 14.7 Å². The van der Waals surface area contributed by atoms with Crippen molar-refractivity contribution in [2.75, 3.05) is 5.75 Å². The van der Waals surface area contributed by atoms with Crippen molar-refractivity contribution in [1.29, 1.82) is 0 Å². The number of unbranched alkanes of at least 4 members (excludes halogenated alkanes) is 1. The van der Waals surface area contributed by atoms with Gasteiger partial charge in [-0.25, -0.2) is 10.5 Å². The van der Waals surface area contributed by atoms with E-state index in [0.29, 0.717) is 32.2 Å². The van der Waals surface area contributed by atoms with E-state index in [-0.39, 0.29) is 31.1 Å². The molecule has 0 radical (unpaired) electrons. The van der Waals surface area contributed by atoms with Gasteiger partial charge in [0.15, 0.2) is 10.6 Å². The zero-order chi connectivity index (χ0) is 34.0. The predicted molar refractivity (Wildman–Crippen MR) is 191 cm³/mol. The van der Waals surface area contributed by atoms with Crippen LogP contribution in [0.3, 0.4) is 0 Å². The average Bonchev–Trinajstić information content (AvgIpc) is 3.58. The molecule has 0 saturated carbocycles. The maximum atomic E-state index is 12.3. The summed E-state index contributed by atoms with van der Waals surface area (Å²) in [5.74, 6) is 0.219. The minimum absolute atomic E-state index is 0.00207. The van der Waals surface area contributed by atoms with Gasteiger partial charge in [-0.05, 0) is 58.9 Å². The molecule has 0 unspecified atom stereocenters. The minimum Gasteiger partial charge on any atom is -0.392 e. The van der Waals surface area contributed by atoms with E-state index in [0.717, 1.165) is 49.0 Å². The first-order chi connectivity index (χ1) is 24.0. The van der Waals surface area contributed by atoms with Crippen molar-refractivity contribution in [2.24, 2.45) is 0 Å². The Balaban J connectivity index is 1.10. The van der Waals surface area contributed by atoms with Gasteiger partial charge in [0.2, 0.25) is 11.8 Å². The van der Waals surface area contributed by atoms with Crippen molar-refractivity contribution in [2.45, 2.75) is 68.1 Å². The average molecular weight is 698 g/mol. The maximum absolute atomic E-state index is 12.3. The molecule has 0 bridgehead atoms. The Morgan fingerprint density at radius 3 is 2.35 bits per heavy atom. The Kier molecular flexibility index (Phi) is 12.1. The van der Waals surface area contributed by atoms with Crippen molar-refractivity contribution in [3.8, 4) is 11.1 Å². The zero-order valence-electron chi connectivity index (χ0n) is 26.9. The Hall–Kier alpha value is -4.10. The highest BCUT2D eigenvalue weighted by molar-refractivity contribution is 8.01. The molecule has 1 saturated heterocycles. The first kappa shape index (κ1) is 34.8. The highest BCUT2D eigenvalue weighted by Gasteiger charge is 2.32. The van der Waals surface area contributed by atoms with Crippen LogP contribution in [0, 0.1) is 0 Å². The van der Waals surface area contributed by atoms with Gasteiger partial charge in [-0.15, -0.1) is 11.3 Å². The molecule has 5 aromatic rings. The molecule has 1 aromatic heterocycles. The van der Waals surface area contributed by atoms with Crippen molar-refractivity contribution in [3.63, 3.8) is 0 Å². The second kappa shape index (κ2) is 17.0. The van der Waals surface area contributed by atoms with Gasteiger partial charge in [-0.1, -0.05) is 90.6 Å². The lowest BCUT2D eigenvalue weighted by Gasteiger charge is -2.36. The molecular weight excluding hydrogens is 659 g/mol. The largest absolute Gasteiger partial charge is 0.392 e. The van der Waals surface area contributed by atoms with Crippen LogP contribution in [-0.4, -0.2) is 39.0 Å². The molecule has 1 fully saturated rings. The number of aliphatic hydroxyl groups is 1. The van der Waals surface area contributed by atoms with Crippen LogP contribution in [-0.2, 0) is 32.2 Å². The molecule has 2 heterocycles. The van der Waals surface area contributed by atoms with Crippen LogP contribution >= 0.6 is 23.1 Å². The topological polar surface area (TPSA) is 130 Å². The quantitative estimate of drug-likeness (QED) is 0.0407. The summed E-state index contributed by atoms with van der Waals surface area (Å²) in [5, 5.41) is 21.1. The number of ether oxygens (including phenoxy) is 2. The van der Waals surface area contributed by atoms with E-state index >= 15 is 0 Å². The van der Waals surface area contributed by atoms with Gasteiger partial charge in [0.1, 0.15) is 0 Å². The van der Waals surface area contributed by atoms with Crippen LogP contribution in [0.5, 0.6) is 0 Å². The fraction of sp³-hybridized carbons (Fsp3) is 0.289. The second-order valence-electron chi connectivity index (χ2n) is 11.9. The van der Waals surface area contributed by atoms with E-state index in [1.807, 2.05) is 72.8 Å². The zero-order valence-corrected chi connectivity index (χ0v) is 28.6. The maximum Gasteiger partial charge on any atom is 0.243 e. The van der Waals surface area contributed by atoms with Gasteiger partial charge >= 0.3 is 0 Å². The number of aromatic nitrogens is 1. The Bertz CT molecular complexity index is 1810. The summed E-state index contributed by atoms with van der Waals surface area (Å²) < 4.78 is 15.3. The first-order valence-electron chi connectivity index (χ1n) is 16.4. The predicted octanol–water partition coefficient (Wildman–Crippen LogP) is 7.48. The van der Waals surface area contributed by atoms with E-state index in [2.05, 4.69) is 29.6 Å². The third-order valence-corrected chi connectivity index (χ3v) is 10.7. The van der Waals surface area contributed by atoms with Gasteiger partial charge in [0.05, 0.1) is 29.0 Å². The lowest BCUT2D eigenvalue weighted by Crippen LogP contribution is -2.31. The highest BCUT2D eigenvalue weighted by atomic mass is 32.2. The molecule has 4 aromatic carbocycles. The number of nitrogens with zero attached hydrogens (tertiary/aromatic N) is 1. The molecule has 9 nitrogen and oxygen atoms in total. The number of nitrogens with one attached hydrogen (secondary N) is 2. The minimum atomic E-state index is -0.550. The molecule has 2 amide bonds. The molecule has 1 aliphatic heterocycles. The second-order valence-corrected chi connectivity index (χ2v) is 14.2. The number of carbonyl (C=O) groups excluding carboxylic acids is 2. The molecule has 254 valence electrons. The number of para-hydroxylation sites is 1. The van der Waals surface area contributed by atoms with E-state index in [4.69, 9.17) is 19.7 Å². The fourth-order valence-electron chi connectivity index (χ4n) is 5.71. The van der Waals surface area contributed by atoms with Crippen LogP contribution in [0.4, 0.5) is 0 Å². The van der Waals surface area contributed by atoms with E-state index < -0.39 is 12.2 Å².